The second kappa shape index (κ2) is 6.49. The molecule has 1 aromatic heterocycles. The van der Waals surface area contributed by atoms with Crippen LogP contribution in [0, 0.1) is 0 Å². The molecule has 0 saturated heterocycles. The fourth-order valence-electron chi connectivity index (χ4n) is 2.23. The Morgan fingerprint density at radius 2 is 1.71 bits per heavy atom. The number of hydrogen-bond donors (Lipinski definition) is 0. The number of benzene rings is 2. The molecule has 0 amide bonds. The van der Waals surface area contributed by atoms with Crippen molar-refractivity contribution in [2.45, 2.75) is 17.9 Å². The Labute approximate surface area is 140 Å². The summed E-state index contributed by atoms with van der Waals surface area (Å²) in [4.78, 5) is 4.51. The van der Waals surface area contributed by atoms with Crippen LogP contribution in [0.4, 0.5) is 0 Å². The minimum Gasteiger partial charge on any atom is -0.481 e. The number of sulfone groups is 1. The number of ether oxygens (including phenoxy) is 1. The normalized spacial score (nSPS) is 12.8. The molecule has 0 aliphatic heterocycles. The van der Waals surface area contributed by atoms with Crippen LogP contribution in [-0.2, 0) is 9.84 Å². The summed E-state index contributed by atoms with van der Waals surface area (Å²) >= 11 is 0. The summed E-state index contributed by atoms with van der Waals surface area (Å²) in [6, 6.07) is 16.0. The highest BCUT2D eigenvalue weighted by molar-refractivity contribution is 7.90. The van der Waals surface area contributed by atoms with E-state index in [0.29, 0.717) is 17.4 Å². The average molecular weight is 343 g/mol. The van der Waals surface area contributed by atoms with Gasteiger partial charge in [0, 0.05) is 11.8 Å². The Bertz CT molecular complexity index is 915. The molecule has 0 aliphatic rings. The van der Waals surface area contributed by atoms with E-state index in [1.165, 1.54) is 18.4 Å². The number of rotatable bonds is 5. The molecule has 2 aromatic carbocycles. The maximum Gasteiger partial charge on any atom is 0.235 e. The van der Waals surface area contributed by atoms with Crippen molar-refractivity contribution in [1.82, 2.24) is 4.98 Å². The maximum absolute atomic E-state index is 11.5. The van der Waals surface area contributed by atoms with E-state index in [-0.39, 0.29) is 4.90 Å². The van der Waals surface area contributed by atoms with Gasteiger partial charge in [0.1, 0.15) is 5.75 Å². The molecule has 0 N–H and O–H groups in total. The molecule has 0 saturated carbocycles. The highest BCUT2D eigenvalue weighted by Gasteiger charge is 2.15. The SMILES string of the molecule is C[C@@H](Oc1ccc(S(C)(=O)=O)cc1)c1ncc(-c2ccccc2)o1. The van der Waals surface area contributed by atoms with Crippen LogP contribution in [0.1, 0.15) is 18.9 Å². The molecule has 0 radical (unpaired) electrons. The van der Waals surface area contributed by atoms with Crippen molar-refractivity contribution in [2.75, 3.05) is 6.26 Å². The number of hydrogen-bond acceptors (Lipinski definition) is 5. The van der Waals surface area contributed by atoms with Gasteiger partial charge in [-0.15, -0.1) is 0 Å². The highest BCUT2D eigenvalue weighted by atomic mass is 32.2. The van der Waals surface area contributed by atoms with Gasteiger partial charge in [0.15, 0.2) is 21.7 Å². The number of oxazole rings is 1. The van der Waals surface area contributed by atoms with Crippen molar-refractivity contribution in [2.24, 2.45) is 0 Å². The van der Waals surface area contributed by atoms with Gasteiger partial charge in [-0.1, -0.05) is 30.3 Å². The fraction of sp³-hybridized carbons (Fsp3) is 0.167. The van der Waals surface area contributed by atoms with Gasteiger partial charge in [0.2, 0.25) is 5.89 Å². The van der Waals surface area contributed by atoms with Crippen LogP contribution in [0.5, 0.6) is 5.75 Å². The molecule has 0 unspecified atom stereocenters. The average Bonchev–Trinajstić information content (AvgIpc) is 3.05. The van der Waals surface area contributed by atoms with Crippen molar-refractivity contribution in [1.29, 1.82) is 0 Å². The molecule has 0 bridgehead atoms. The molecule has 124 valence electrons. The van der Waals surface area contributed by atoms with Crippen LogP contribution in [-0.4, -0.2) is 19.7 Å². The fourth-order valence-corrected chi connectivity index (χ4v) is 2.86. The molecule has 0 fully saturated rings. The third-order valence-electron chi connectivity index (χ3n) is 3.49. The van der Waals surface area contributed by atoms with Crippen molar-refractivity contribution in [3.63, 3.8) is 0 Å². The van der Waals surface area contributed by atoms with E-state index in [1.54, 1.807) is 18.3 Å². The summed E-state index contributed by atoms with van der Waals surface area (Å²) in [5, 5.41) is 0. The van der Waals surface area contributed by atoms with E-state index in [1.807, 2.05) is 37.3 Å². The van der Waals surface area contributed by atoms with Crippen LogP contribution in [0.25, 0.3) is 11.3 Å². The molecule has 0 aliphatic carbocycles. The monoisotopic (exact) mass is 343 g/mol. The molecular weight excluding hydrogens is 326 g/mol. The topological polar surface area (TPSA) is 69.4 Å². The van der Waals surface area contributed by atoms with Crippen LogP contribution in [0.15, 0.2) is 70.1 Å². The van der Waals surface area contributed by atoms with Gasteiger partial charge in [0.05, 0.1) is 11.1 Å². The van der Waals surface area contributed by atoms with Crippen LogP contribution in [0.3, 0.4) is 0 Å². The van der Waals surface area contributed by atoms with Crippen molar-refractivity contribution < 1.29 is 17.6 Å². The number of nitrogens with zero attached hydrogens (tertiary/aromatic N) is 1. The lowest BCUT2D eigenvalue weighted by Crippen LogP contribution is -2.03. The molecule has 0 spiro atoms. The van der Waals surface area contributed by atoms with Crippen LogP contribution >= 0.6 is 0 Å². The third kappa shape index (κ3) is 3.65. The Morgan fingerprint density at radius 1 is 1.04 bits per heavy atom. The first kappa shape index (κ1) is 16.3. The molecular formula is C18H17NO4S. The van der Waals surface area contributed by atoms with Crippen molar-refractivity contribution >= 4 is 9.84 Å². The third-order valence-corrected chi connectivity index (χ3v) is 4.62. The lowest BCUT2D eigenvalue weighted by molar-refractivity contribution is 0.189. The first-order chi connectivity index (χ1) is 11.4. The second-order valence-electron chi connectivity index (χ2n) is 5.43. The minimum absolute atomic E-state index is 0.255. The van der Waals surface area contributed by atoms with Gasteiger partial charge in [0.25, 0.3) is 0 Å². The first-order valence-electron chi connectivity index (χ1n) is 7.41. The quantitative estimate of drug-likeness (QED) is 0.703. The zero-order valence-corrected chi connectivity index (χ0v) is 14.2. The molecule has 24 heavy (non-hydrogen) atoms. The summed E-state index contributed by atoms with van der Waals surface area (Å²) < 4.78 is 34.4. The van der Waals surface area contributed by atoms with Crippen LogP contribution in [0.2, 0.25) is 0 Å². The molecule has 5 nitrogen and oxygen atoms in total. The lowest BCUT2D eigenvalue weighted by atomic mass is 10.2. The predicted octanol–water partition coefficient (Wildman–Crippen LogP) is 3.89. The Kier molecular flexibility index (Phi) is 4.40. The molecule has 3 rings (SSSR count). The Hall–Kier alpha value is -2.60. The Balaban J connectivity index is 1.74. The van der Waals surface area contributed by atoms with Gasteiger partial charge in [-0.05, 0) is 31.2 Å². The van der Waals surface area contributed by atoms with Crippen LogP contribution < -0.4 is 4.74 Å². The van der Waals surface area contributed by atoms with Gasteiger partial charge < -0.3 is 9.15 Å². The van der Waals surface area contributed by atoms with E-state index in [2.05, 4.69) is 4.98 Å². The largest absolute Gasteiger partial charge is 0.481 e. The first-order valence-corrected chi connectivity index (χ1v) is 9.30. The van der Waals surface area contributed by atoms with Gasteiger partial charge in [-0.25, -0.2) is 13.4 Å². The zero-order chi connectivity index (χ0) is 17.2. The van der Waals surface area contributed by atoms with E-state index in [0.717, 1.165) is 5.56 Å². The van der Waals surface area contributed by atoms with E-state index in [4.69, 9.17) is 9.15 Å². The van der Waals surface area contributed by atoms with Crippen molar-refractivity contribution in [3.05, 3.63) is 66.7 Å². The summed E-state index contributed by atoms with van der Waals surface area (Å²) in [6.07, 6.45) is 2.44. The van der Waals surface area contributed by atoms with E-state index < -0.39 is 15.9 Å². The predicted molar refractivity (Wildman–Crippen MR) is 90.5 cm³/mol. The highest BCUT2D eigenvalue weighted by Crippen LogP contribution is 2.26. The molecule has 1 atom stereocenters. The van der Waals surface area contributed by atoms with Crippen molar-refractivity contribution in [3.8, 4) is 17.1 Å². The molecule has 6 heteroatoms. The summed E-state index contributed by atoms with van der Waals surface area (Å²) in [5.74, 6) is 1.68. The summed E-state index contributed by atoms with van der Waals surface area (Å²) in [5.41, 5.74) is 0.945. The van der Waals surface area contributed by atoms with E-state index in [9.17, 15) is 8.42 Å². The smallest absolute Gasteiger partial charge is 0.235 e. The standard InChI is InChI=1S/C18H17NO4S/c1-13(22-15-8-10-16(11-9-15)24(2,20)21)18-19-12-17(23-18)14-6-4-3-5-7-14/h3-13H,1-2H3/t13-/m1/s1. The zero-order valence-electron chi connectivity index (χ0n) is 13.3. The van der Waals surface area contributed by atoms with E-state index >= 15 is 0 Å². The Morgan fingerprint density at radius 3 is 2.33 bits per heavy atom. The minimum atomic E-state index is -3.21. The maximum atomic E-state index is 11.5. The van der Waals surface area contributed by atoms with Gasteiger partial charge >= 0.3 is 0 Å². The molecule has 1 heterocycles. The summed E-state index contributed by atoms with van der Waals surface area (Å²) in [7, 11) is -3.21. The lowest BCUT2D eigenvalue weighted by Gasteiger charge is -2.11. The second-order valence-corrected chi connectivity index (χ2v) is 7.45. The number of aromatic nitrogens is 1. The summed E-state index contributed by atoms with van der Waals surface area (Å²) in [6.45, 7) is 1.82. The molecule has 3 aromatic rings. The van der Waals surface area contributed by atoms with Gasteiger partial charge in [-0.2, -0.15) is 0 Å². The van der Waals surface area contributed by atoms with Gasteiger partial charge in [-0.3, -0.25) is 0 Å².